The smallest absolute Gasteiger partial charge is 0.303 e. The Labute approximate surface area is 260 Å². The zero-order chi connectivity index (χ0) is 30.9. The fraction of sp³-hybridized carbons (Fsp3) is 0.838. The first-order valence-electron chi connectivity index (χ1n) is 17.4. The van der Waals surface area contributed by atoms with Crippen LogP contribution < -0.4 is 0 Å². The number of rotatable bonds is 10. The van der Waals surface area contributed by atoms with Gasteiger partial charge in [0.2, 0.25) is 0 Å². The van der Waals surface area contributed by atoms with Gasteiger partial charge in [0, 0.05) is 13.8 Å². The van der Waals surface area contributed by atoms with E-state index in [0.717, 1.165) is 54.8 Å². The first kappa shape index (κ1) is 32.7. The summed E-state index contributed by atoms with van der Waals surface area (Å²) < 4.78 is 23.2. The molecule has 0 aromatic rings. The highest BCUT2D eigenvalue weighted by Gasteiger charge is 2.59. The molecule has 0 N–H and O–H groups in total. The van der Waals surface area contributed by atoms with Crippen LogP contribution in [0.1, 0.15) is 119 Å². The Balaban J connectivity index is 1.21. The van der Waals surface area contributed by atoms with Gasteiger partial charge in [-0.25, -0.2) is 0 Å². The Morgan fingerprint density at radius 1 is 0.977 bits per heavy atom. The van der Waals surface area contributed by atoms with E-state index in [1.165, 1.54) is 65.2 Å². The van der Waals surface area contributed by atoms with Crippen LogP contribution in [0.15, 0.2) is 23.8 Å². The van der Waals surface area contributed by atoms with Crippen molar-refractivity contribution in [3.63, 3.8) is 0 Å². The van der Waals surface area contributed by atoms with Crippen LogP contribution in [0.5, 0.6) is 0 Å². The molecule has 0 spiro atoms. The molecule has 0 radical (unpaired) electrons. The Hall–Kier alpha value is -1.66. The molecular weight excluding hydrogens is 540 g/mol. The van der Waals surface area contributed by atoms with Crippen molar-refractivity contribution in [3.8, 4) is 0 Å². The number of fused-ring (bicyclic) bond motifs is 5. The summed E-state index contributed by atoms with van der Waals surface area (Å²) in [6.45, 7) is 15.3. The van der Waals surface area contributed by atoms with Crippen molar-refractivity contribution in [2.45, 2.75) is 144 Å². The third kappa shape index (κ3) is 6.95. The predicted molar refractivity (Wildman–Crippen MR) is 168 cm³/mol. The fourth-order valence-corrected chi connectivity index (χ4v) is 10.3. The largest absolute Gasteiger partial charge is 0.463 e. The molecule has 11 atom stereocenters. The van der Waals surface area contributed by atoms with E-state index >= 15 is 0 Å². The number of allylic oxidation sites excluding steroid dienone is 1. The first-order valence-corrected chi connectivity index (χ1v) is 17.4. The van der Waals surface area contributed by atoms with E-state index in [1.54, 1.807) is 11.6 Å². The van der Waals surface area contributed by atoms with Crippen molar-refractivity contribution in [1.82, 2.24) is 0 Å². The predicted octanol–water partition coefficient (Wildman–Crippen LogP) is 8.19. The Kier molecular flexibility index (Phi) is 10.2. The maximum Gasteiger partial charge on any atom is 0.303 e. The minimum absolute atomic E-state index is 0.0199. The number of esters is 2. The van der Waals surface area contributed by atoms with Gasteiger partial charge in [-0.1, -0.05) is 65.5 Å². The van der Waals surface area contributed by atoms with Gasteiger partial charge < -0.3 is 18.9 Å². The number of hydrogen-bond acceptors (Lipinski definition) is 6. The minimum Gasteiger partial charge on any atom is -0.463 e. The molecular formula is C37H58O6. The molecule has 3 saturated carbocycles. The second-order valence-corrected chi connectivity index (χ2v) is 15.6. The van der Waals surface area contributed by atoms with Crippen LogP contribution in [0.4, 0.5) is 0 Å². The normalized spacial score (nSPS) is 41.1. The standard InChI is InChI=1S/C37H58O6/c1-23(2)9-8-10-24(3)30-13-14-31-29-12-11-27-21-28(17-19-36(27,6)32(29)18-20-37(30,31)7)42-35-16-15-33(41-26(5)39)34(43-35)22-40-25(4)38/h11,15-16,23-24,28-35H,8-10,12-14,17-22H2,1-7H3/t24?,28-,29?,30+,31?,32?,33-,34+,35?,36-,37+/m0/s1. The van der Waals surface area contributed by atoms with E-state index in [9.17, 15) is 9.59 Å². The van der Waals surface area contributed by atoms with Gasteiger partial charge in [0.25, 0.3) is 0 Å². The summed E-state index contributed by atoms with van der Waals surface area (Å²) in [5.74, 6) is 4.24. The lowest BCUT2D eigenvalue weighted by Gasteiger charge is -2.58. The van der Waals surface area contributed by atoms with Gasteiger partial charge >= 0.3 is 11.9 Å². The van der Waals surface area contributed by atoms with Gasteiger partial charge in [-0.05, 0) is 110 Å². The summed E-state index contributed by atoms with van der Waals surface area (Å²) in [5.41, 5.74) is 2.38. The number of ether oxygens (including phenoxy) is 4. The van der Waals surface area contributed by atoms with Crippen LogP contribution in [0, 0.1) is 46.3 Å². The lowest BCUT2D eigenvalue weighted by atomic mass is 9.47. The van der Waals surface area contributed by atoms with Gasteiger partial charge in [-0.15, -0.1) is 0 Å². The van der Waals surface area contributed by atoms with Crippen molar-refractivity contribution in [3.05, 3.63) is 23.8 Å². The van der Waals surface area contributed by atoms with Gasteiger partial charge in [-0.3, -0.25) is 9.59 Å². The molecule has 1 aliphatic heterocycles. The Morgan fingerprint density at radius 2 is 1.77 bits per heavy atom. The van der Waals surface area contributed by atoms with Crippen molar-refractivity contribution < 1.29 is 28.5 Å². The molecule has 43 heavy (non-hydrogen) atoms. The molecule has 5 aliphatic rings. The molecule has 0 aromatic carbocycles. The number of carbonyl (C=O) groups excluding carboxylic acids is 2. The molecule has 0 bridgehead atoms. The van der Waals surface area contributed by atoms with E-state index in [1.807, 2.05) is 6.08 Å². The maximum absolute atomic E-state index is 11.6. The minimum atomic E-state index is -0.598. The summed E-state index contributed by atoms with van der Waals surface area (Å²) in [6, 6.07) is 0. The molecule has 5 rings (SSSR count). The third-order valence-electron chi connectivity index (χ3n) is 12.5. The monoisotopic (exact) mass is 598 g/mol. The molecule has 6 nitrogen and oxygen atoms in total. The van der Waals surface area contributed by atoms with Crippen LogP contribution in [-0.2, 0) is 28.5 Å². The second-order valence-electron chi connectivity index (χ2n) is 15.6. The third-order valence-corrected chi connectivity index (χ3v) is 12.5. The maximum atomic E-state index is 11.6. The van der Waals surface area contributed by atoms with Gasteiger partial charge in [0.05, 0.1) is 6.10 Å². The number of carbonyl (C=O) groups is 2. The number of hydrogen-bond donors (Lipinski definition) is 0. The second kappa shape index (κ2) is 13.4. The Bertz CT molecular complexity index is 1060. The van der Waals surface area contributed by atoms with Crippen LogP contribution in [-0.4, -0.2) is 43.1 Å². The van der Waals surface area contributed by atoms with Crippen LogP contribution in [0.3, 0.4) is 0 Å². The van der Waals surface area contributed by atoms with Crippen molar-refractivity contribution in [2.75, 3.05) is 6.61 Å². The van der Waals surface area contributed by atoms with Crippen LogP contribution in [0.2, 0.25) is 0 Å². The van der Waals surface area contributed by atoms with Gasteiger partial charge in [-0.2, -0.15) is 0 Å². The zero-order valence-corrected chi connectivity index (χ0v) is 27.9. The summed E-state index contributed by atoms with van der Waals surface area (Å²) in [5, 5.41) is 0. The molecule has 3 fully saturated rings. The van der Waals surface area contributed by atoms with Crippen LogP contribution >= 0.6 is 0 Å². The summed E-state index contributed by atoms with van der Waals surface area (Å²) >= 11 is 0. The van der Waals surface area contributed by atoms with E-state index in [2.05, 4.69) is 40.7 Å². The lowest BCUT2D eigenvalue weighted by Crippen LogP contribution is -2.51. The molecule has 0 aromatic heterocycles. The van der Waals surface area contributed by atoms with Crippen LogP contribution in [0.25, 0.3) is 0 Å². The molecule has 0 amide bonds. The molecule has 5 unspecified atom stereocenters. The molecule has 242 valence electrons. The Morgan fingerprint density at radius 3 is 2.49 bits per heavy atom. The lowest BCUT2D eigenvalue weighted by molar-refractivity contribution is -0.213. The quantitative estimate of drug-likeness (QED) is 0.187. The average molecular weight is 599 g/mol. The average Bonchev–Trinajstić information content (AvgIpc) is 3.30. The molecule has 4 aliphatic carbocycles. The molecule has 1 heterocycles. The summed E-state index contributed by atoms with van der Waals surface area (Å²) in [4.78, 5) is 23.0. The van der Waals surface area contributed by atoms with Crippen molar-refractivity contribution in [1.29, 1.82) is 0 Å². The van der Waals surface area contributed by atoms with E-state index in [0.29, 0.717) is 5.41 Å². The summed E-state index contributed by atoms with van der Waals surface area (Å²) in [7, 11) is 0. The van der Waals surface area contributed by atoms with E-state index < -0.39 is 30.4 Å². The SMILES string of the molecule is CC(=O)OC[C@H]1OC(O[C@H]2CC[C@@]3(C)C(=CCC4C3CC[C@@]3(C)C4CC[C@@H]3C(C)CCCC(C)C)C2)C=C[C@@H]1OC(C)=O. The van der Waals surface area contributed by atoms with Gasteiger partial charge in [0.15, 0.2) is 6.29 Å². The summed E-state index contributed by atoms with van der Waals surface area (Å²) in [6.07, 6.45) is 18.7. The van der Waals surface area contributed by atoms with E-state index in [-0.39, 0.29) is 18.1 Å². The molecule has 6 heteroatoms. The highest BCUT2D eigenvalue weighted by molar-refractivity contribution is 5.66. The highest BCUT2D eigenvalue weighted by Crippen LogP contribution is 2.67. The molecule has 0 saturated heterocycles. The van der Waals surface area contributed by atoms with E-state index in [4.69, 9.17) is 18.9 Å². The van der Waals surface area contributed by atoms with Gasteiger partial charge in [0.1, 0.15) is 18.8 Å². The first-order chi connectivity index (χ1) is 20.4. The fourth-order valence-electron chi connectivity index (χ4n) is 10.3. The van der Waals surface area contributed by atoms with Crippen molar-refractivity contribution >= 4 is 11.9 Å². The highest BCUT2D eigenvalue weighted by atomic mass is 16.7. The van der Waals surface area contributed by atoms with Crippen molar-refractivity contribution in [2.24, 2.45) is 46.3 Å². The topological polar surface area (TPSA) is 71.1 Å². The zero-order valence-electron chi connectivity index (χ0n) is 27.9.